The highest BCUT2D eigenvalue weighted by Crippen LogP contribution is 2.24. The van der Waals surface area contributed by atoms with Gasteiger partial charge in [-0.2, -0.15) is 0 Å². The summed E-state index contributed by atoms with van der Waals surface area (Å²) in [5.74, 6) is 1.68. The van der Waals surface area contributed by atoms with Crippen molar-refractivity contribution in [3.63, 3.8) is 0 Å². The lowest BCUT2D eigenvalue weighted by Gasteiger charge is -2.32. The number of anilines is 1. The third kappa shape index (κ3) is 5.52. The van der Waals surface area contributed by atoms with Gasteiger partial charge in [0.15, 0.2) is 0 Å². The van der Waals surface area contributed by atoms with E-state index in [1.165, 1.54) is 5.56 Å². The van der Waals surface area contributed by atoms with Crippen molar-refractivity contribution in [1.82, 2.24) is 15.3 Å². The summed E-state index contributed by atoms with van der Waals surface area (Å²) in [6, 6.07) is 12.5. The molecule has 1 saturated heterocycles. The highest BCUT2D eigenvalue weighted by atomic mass is 16.1. The van der Waals surface area contributed by atoms with Crippen LogP contribution in [0.3, 0.4) is 0 Å². The third-order valence-corrected chi connectivity index (χ3v) is 5.01. The quantitative estimate of drug-likeness (QED) is 0.848. The van der Waals surface area contributed by atoms with Gasteiger partial charge in [-0.1, -0.05) is 44.2 Å². The first-order valence-corrected chi connectivity index (χ1v) is 9.94. The summed E-state index contributed by atoms with van der Waals surface area (Å²) in [7, 11) is 0. The van der Waals surface area contributed by atoms with Crippen molar-refractivity contribution in [2.75, 3.05) is 24.5 Å². The Hall–Kier alpha value is -2.43. The number of benzene rings is 1. The lowest BCUT2D eigenvalue weighted by Crippen LogP contribution is -2.36. The first kappa shape index (κ1) is 19.3. The molecular formula is C22H30N4O. The monoisotopic (exact) mass is 366 g/mol. The van der Waals surface area contributed by atoms with Gasteiger partial charge in [-0.3, -0.25) is 4.79 Å². The molecule has 0 atom stereocenters. The summed E-state index contributed by atoms with van der Waals surface area (Å²) < 4.78 is 0. The molecule has 144 valence electrons. The molecule has 1 N–H and O–H groups in total. The number of amides is 1. The number of carbonyl (C=O) groups excluding carboxylic acids is 1. The number of nitrogens with zero attached hydrogens (tertiary/aromatic N) is 3. The van der Waals surface area contributed by atoms with E-state index in [0.717, 1.165) is 38.0 Å². The summed E-state index contributed by atoms with van der Waals surface area (Å²) >= 11 is 0. The van der Waals surface area contributed by atoms with E-state index < -0.39 is 0 Å². The lowest BCUT2D eigenvalue weighted by molar-refractivity contribution is 0.0943. The molecule has 0 aliphatic carbocycles. The summed E-state index contributed by atoms with van der Waals surface area (Å²) in [4.78, 5) is 23.7. The Morgan fingerprint density at radius 3 is 2.56 bits per heavy atom. The van der Waals surface area contributed by atoms with E-state index in [1.807, 2.05) is 6.92 Å². The van der Waals surface area contributed by atoms with Gasteiger partial charge in [-0.15, -0.1) is 0 Å². The van der Waals surface area contributed by atoms with Crippen LogP contribution in [0.2, 0.25) is 0 Å². The van der Waals surface area contributed by atoms with Gasteiger partial charge >= 0.3 is 0 Å². The van der Waals surface area contributed by atoms with Crippen molar-refractivity contribution < 1.29 is 4.79 Å². The van der Waals surface area contributed by atoms with Gasteiger partial charge < -0.3 is 10.2 Å². The Labute approximate surface area is 162 Å². The maximum atomic E-state index is 12.4. The Balaban J connectivity index is 1.61. The Morgan fingerprint density at radius 1 is 1.19 bits per heavy atom. The maximum Gasteiger partial charge on any atom is 0.270 e. The van der Waals surface area contributed by atoms with Crippen molar-refractivity contribution in [2.45, 2.75) is 40.0 Å². The molecule has 0 radical (unpaired) electrons. The van der Waals surface area contributed by atoms with E-state index in [9.17, 15) is 4.79 Å². The molecule has 3 rings (SSSR count). The van der Waals surface area contributed by atoms with Crippen molar-refractivity contribution in [3.8, 4) is 0 Å². The van der Waals surface area contributed by atoms with Crippen LogP contribution in [0.1, 0.15) is 48.4 Å². The van der Waals surface area contributed by atoms with Gasteiger partial charge in [0.2, 0.25) is 5.95 Å². The third-order valence-electron chi connectivity index (χ3n) is 5.01. The van der Waals surface area contributed by atoms with Crippen LogP contribution in [0, 0.1) is 18.8 Å². The molecule has 1 aliphatic rings. The number of aromatic nitrogens is 2. The number of carbonyl (C=O) groups is 1. The minimum absolute atomic E-state index is 0.116. The van der Waals surface area contributed by atoms with Crippen LogP contribution in [0.5, 0.6) is 0 Å². The summed E-state index contributed by atoms with van der Waals surface area (Å²) in [6.07, 6.45) is 3.38. The highest BCUT2D eigenvalue weighted by molar-refractivity contribution is 5.92. The molecule has 0 saturated carbocycles. The van der Waals surface area contributed by atoms with Crippen molar-refractivity contribution in [1.29, 1.82) is 0 Å². The minimum atomic E-state index is -0.116. The first-order valence-electron chi connectivity index (χ1n) is 9.94. The fraction of sp³-hybridized carbons (Fsp3) is 0.500. The van der Waals surface area contributed by atoms with Crippen molar-refractivity contribution in [2.24, 2.45) is 11.8 Å². The van der Waals surface area contributed by atoms with E-state index in [-0.39, 0.29) is 5.91 Å². The number of hydrogen-bond donors (Lipinski definition) is 1. The molecule has 0 bridgehead atoms. The standard InChI is InChI=1S/C22H30N4O/c1-16(2)15-23-21(27)20-13-17(3)24-22(25-20)26-11-9-19(10-12-26)14-18-7-5-4-6-8-18/h4-8,13,16,19H,9-12,14-15H2,1-3H3,(H,23,27). The number of aryl methyl sites for hydroxylation is 1. The molecule has 0 unspecified atom stereocenters. The normalized spacial score (nSPS) is 15.2. The number of rotatable bonds is 6. The first-order chi connectivity index (χ1) is 13.0. The Kier molecular flexibility index (Phi) is 6.43. The maximum absolute atomic E-state index is 12.4. The predicted molar refractivity (Wildman–Crippen MR) is 109 cm³/mol. The zero-order valence-electron chi connectivity index (χ0n) is 16.6. The fourth-order valence-electron chi connectivity index (χ4n) is 3.48. The average Bonchev–Trinajstić information content (AvgIpc) is 2.67. The molecule has 1 fully saturated rings. The van der Waals surface area contributed by atoms with E-state index in [2.05, 4.69) is 64.4 Å². The van der Waals surface area contributed by atoms with Gasteiger partial charge in [-0.05, 0) is 49.7 Å². The lowest BCUT2D eigenvalue weighted by atomic mass is 9.90. The Bertz CT molecular complexity index is 752. The average molecular weight is 367 g/mol. The minimum Gasteiger partial charge on any atom is -0.350 e. The van der Waals surface area contributed by atoms with Gasteiger partial charge in [0.1, 0.15) is 5.69 Å². The second-order valence-corrected chi connectivity index (χ2v) is 7.92. The van der Waals surface area contributed by atoms with E-state index >= 15 is 0 Å². The molecule has 1 aliphatic heterocycles. The molecule has 5 nitrogen and oxygen atoms in total. The van der Waals surface area contributed by atoms with Gasteiger partial charge in [-0.25, -0.2) is 9.97 Å². The smallest absolute Gasteiger partial charge is 0.270 e. The van der Waals surface area contributed by atoms with Crippen LogP contribution in [-0.4, -0.2) is 35.5 Å². The fourth-order valence-corrected chi connectivity index (χ4v) is 3.48. The molecule has 5 heteroatoms. The van der Waals surface area contributed by atoms with Crippen LogP contribution in [0.4, 0.5) is 5.95 Å². The second-order valence-electron chi connectivity index (χ2n) is 7.92. The largest absolute Gasteiger partial charge is 0.350 e. The van der Waals surface area contributed by atoms with Crippen LogP contribution < -0.4 is 10.2 Å². The van der Waals surface area contributed by atoms with Gasteiger partial charge in [0.25, 0.3) is 5.91 Å². The SMILES string of the molecule is Cc1cc(C(=O)NCC(C)C)nc(N2CCC(Cc3ccccc3)CC2)n1. The number of nitrogens with one attached hydrogen (secondary N) is 1. The molecule has 1 aromatic carbocycles. The van der Waals surface area contributed by atoms with E-state index in [0.29, 0.717) is 30.0 Å². The number of piperidine rings is 1. The topological polar surface area (TPSA) is 58.1 Å². The van der Waals surface area contributed by atoms with Gasteiger partial charge in [0.05, 0.1) is 0 Å². The molecular weight excluding hydrogens is 336 g/mol. The summed E-state index contributed by atoms with van der Waals surface area (Å²) in [5, 5.41) is 2.94. The number of hydrogen-bond acceptors (Lipinski definition) is 4. The molecule has 1 aromatic heterocycles. The van der Waals surface area contributed by atoms with Crippen LogP contribution >= 0.6 is 0 Å². The summed E-state index contributed by atoms with van der Waals surface area (Å²) in [5.41, 5.74) is 2.71. The Morgan fingerprint density at radius 2 is 1.89 bits per heavy atom. The summed E-state index contributed by atoms with van der Waals surface area (Å²) in [6.45, 7) is 8.61. The molecule has 2 heterocycles. The molecule has 27 heavy (non-hydrogen) atoms. The van der Waals surface area contributed by atoms with E-state index in [1.54, 1.807) is 6.07 Å². The predicted octanol–water partition coefficient (Wildman–Crippen LogP) is 3.63. The highest BCUT2D eigenvalue weighted by Gasteiger charge is 2.22. The van der Waals surface area contributed by atoms with Crippen molar-refractivity contribution in [3.05, 3.63) is 53.3 Å². The van der Waals surface area contributed by atoms with Crippen LogP contribution in [0.25, 0.3) is 0 Å². The molecule has 1 amide bonds. The van der Waals surface area contributed by atoms with Gasteiger partial charge in [0, 0.05) is 25.3 Å². The zero-order chi connectivity index (χ0) is 19.2. The molecule has 2 aromatic rings. The second kappa shape index (κ2) is 8.98. The van der Waals surface area contributed by atoms with E-state index in [4.69, 9.17) is 0 Å². The van der Waals surface area contributed by atoms with Crippen molar-refractivity contribution >= 4 is 11.9 Å². The molecule has 0 spiro atoms. The van der Waals surface area contributed by atoms with Crippen LogP contribution in [-0.2, 0) is 6.42 Å². The van der Waals surface area contributed by atoms with Crippen LogP contribution in [0.15, 0.2) is 36.4 Å². The zero-order valence-corrected chi connectivity index (χ0v) is 16.6.